The van der Waals surface area contributed by atoms with Gasteiger partial charge in [0.2, 0.25) is 0 Å². The smallest absolute Gasteiger partial charge is 0.128 e. The van der Waals surface area contributed by atoms with Crippen molar-refractivity contribution in [3.63, 3.8) is 0 Å². The van der Waals surface area contributed by atoms with Crippen LogP contribution >= 0.6 is 0 Å². The summed E-state index contributed by atoms with van der Waals surface area (Å²) in [5.41, 5.74) is 7.40. The average molecular weight is 587 g/mol. The van der Waals surface area contributed by atoms with Crippen LogP contribution in [0.2, 0.25) is 0 Å². The molecule has 4 aromatic carbocycles. The lowest BCUT2D eigenvalue weighted by Gasteiger charge is -2.25. The molecule has 0 heterocycles. The maximum atomic E-state index is 11.2. The summed E-state index contributed by atoms with van der Waals surface area (Å²) in [6, 6.07) is 29.3. The van der Waals surface area contributed by atoms with Crippen molar-refractivity contribution in [1.29, 1.82) is 0 Å². The zero-order chi connectivity index (χ0) is 31.5. The number of hydrogen-bond acceptors (Lipinski definition) is 4. The lowest BCUT2D eigenvalue weighted by molar-refractivity contribution is 0.399. The Balaban J connectivity index is 1.31. The predicted octanol–water partition coefficient (Wildman–Crippen LogP) is 9.88. The molecule has 1 fully saturated rings. The van der Waals surface area contributed by atoms with Gasteiger partial charge in [-0.05, 0) is 83.0 Å². The van der Waals surface area contributed by atoms with E-state index in [4.69, 9.17) is 9.98 Å². The number of aliphatic imine (C=N–C) groups is 2. The first-order valence-corrected chi connectivity index (χ1v) is 15.8. The van der Waals surface area contributed by atoms with E-state index in [0.717, 1.165) is 70.2 Å². The van der Waals surface area contributed by atoms with Crippen LogP contribution in [0.4, 0.5) is 0 Å². The van der Waals surface area contributed by atoms with Crippen molar-refractivity contribution in [3.05, 3.63) is 107 Å². The molecule has 0 aromatic heterocycles. The third-order valence-electron chi connectivity index (χ3n) is 8.62. The van der Waals surface area contributed by atoms with E-state index in [9.17, 15) is 10.2 Å². The third kappa shape index (κ3) is 7.30. The Morgan fingerprint density at radius 1 is 0.523 bits per heavy atom. The van der Waals surface area contributed by atoms with Crippen LogP contribution in [0.25, 0.3) is 22.3 Å². The lowest BCUT2D eigenvalue weighted by Crippen LogP contribution is -2.20. The van der Waals surface area contributed by atoms with Crippen LogP contribution in [0.3, 0.4) is 0 Å². The highest BCUT2D eigenvalue weighted by atomic mass is 16.3. The van der Waals surface area contributed by atoms with Crippen molar-refractivity contribution in [2.75, 3.05) is 0 Å². The van der Waals surface area contributed by atoms with Crippen molar-refractivity contribution in [2.24, 2.45) is 9.98 Å². The second-order valence-corrected chi connectivity index (χ2v) is 14.2. The second kappa shape index (κ2) is 12.8. The molecule has 1 aliphatic rings. The summed E-state index contributed by atoms with van der Waals surface area (Å²) in [6.07, 6.45) is 7.49. The Bertz CT molecular complexity index is 1510. The van der Waals surface area contributed by atoms with Crippen LogP contribution in [0.5, 0.6) is 11.5 Å². The first-order chi connectivity index (χ1) is 20.9. The van der Waals surface area contributed by atoms with Gasteiger partial charge in [0.15, 0.2) is 0 Å². The van der Waals surface area contributed by atoms with E-state index in [-0.39, 0.29) is 22.9 Å². The van der Waals surface area contributed by atoms with Crippen LogP contribution in [0.15, 0.2) is 94.9 Å². The Kier molecular flexibility index (Phi) is 9.10. The van der Waals surface area contributed by atoms with E-state index in [2.05, 4.69) is 77.9 Å². The minimum absolute atomic E-state index is 0.196. The van der Waals surface area contributed by atoms with Gasteiger partial charge in [-0.1, -0.05) is 102 Å². The summed E-state index contributed by atoms with van der Waals surface area (Å²) in [5.74, 6) is 0.623. The van der Waals surface area contributed by atoms with Crippen molar-refractivity contribution in [1.82, 2.24) is 0 Å². The molecule has 4 heteroatoms. The number of nitrogens with zero attached hydrogens (tertiary/aromatic N) is 2. The standard InChI is InChI=1S/C40H46N2O2/c1-39(2,3)35-23-29(27-13-9-7-10-14-27)21-31(37(35)43)25-41-33-17-19-34(20-18-33)42-26-32-22-30(28-15-11-8-12-16-28)24-36(38(32)44)40(4,5)6/h7-16,21-26,33-34,43-44H,17-20H2,1-6H3. The van der Waals surface area contributed by atoms with Gasteiger partial charge >= 0.3 is 0 Å². The van der Waals surface area contributed by atoms with Gasteiger partial charge in [-0.2, -0.15) is 0 Å². The van der Waals surface area contributed by atoms with Gasteiger partial charge in [0, 0.05) is 34.7 Å². The van der Waals surface area contributed by atoms with Crippen molar-refractivity contribution in [2.45, 2.75) is 90.1 Å². The molecule has 4 aromatic rings. The molecule has 0 bridgehead atoms. The molecule has 228 valence electrons. The Morgan fingerprint density at radius 2 is 0.864 bits per heavy atom. The fraction of sp³-hybridized carbons (Fsp3) is 0.350. The number of phenols is 2. The van der Waals surface area contributed by atoms with Crippen LogP contribution in [-0.2, 0) is 10.8 Å². The molecule has 4 nitrogen and oxygen atoms in total. The Labute approximate surface area is 263 Å². The average Bonchev–Trinajstić information content (AvgIpc) is 3.00. The maximum Gasteiger partial charge on any atom is 0.128 e. The van der Waals surface area contributed by atoms with Crippen LogP contribution in [-0.4, -0.2) is 34.7 Å². The molecule has 0 radical (unpaired) electrons. The minimum Gasteiger partial charge on any atom is -0.507 e. The highest BCUT2D eigenvalue weighted by Crippen LogP contribution is 2.38. The van der Waals surface area contributed by atoms with Crippen molar-refractivity contribution in [3.8, 4) is 33.8 Å². The minimum atomic E-state index is -0.198. The maximum absolute atomic E-state index is 11.2. The number of benzene rings is 4. The van der Waals surface area contributed by atoms with Gasteiger partial charge in [0.25, 0.3) is 0 Å². The summed E-state index contributed by atoms with van der Waals surface area (Å²) in [6.45, 7) is 12.8. The molecule has 1 saturated carbocycles. The Hall–Kier alpha value is -4.18. The van der Waals surface area contributed by atoms with E-state index in [1.54, 1.807) is 0 Å². The lowest BCUT2D eigenvalue weighted by atomic mass is 9.83. The van der Waals surface area contributed by atoms with Crippen molar-refractivity contribution < 1.29 is 10.2 Å². The van der Waals surface area contributed by atoms with Gasteiger partial charge in [-0.3, -0.25) is 9.98 Å². The fourth-order valence-electron chi connectivity index (χ4n) is 5.98. The van der Waals surface area contributed by atoms with Crippen LogP contribution in [0.1, 0.15) is 89.5 Å². The van der Waals surface area contributed by atoms with Crippen LogP contribution in [0, 0.1) is 0 Å². The molecule has 0 saturated heterocycles. The van der Waals surface area contributed by atoms with E-state index < -0.39 is 0 Å². The molecule has 44 heavy (non-hydrogen) atoms. The van der Waals surface area contributed by atoms with Gasteiger partial charge < -0.3 is 10.2 Å². The van der Waals surface area contributed by atoms with Gasteiger partial charge in [-0.15, -0.1) is 0 Å². The number of hydrogen-bond donors (Lipinski definition) is 2. The zero-order valence-corrected chi connectivity index (χ0v) is 27.0. The molecule has 0 atom stereocenters. The van der Waals surface area contributed by atoms with E-state index in [1.165, 1.54) is 0 Å². The van der Waals surface area contributed by atoms with Crippen LogP contribution < -0.4 is 0 Å². The topological polar surface area (TPSA) is 65.2 Å². The van der Waals surface area contributed by atoms with E-state index in [0.29, 0.717) is 11.5 Å². The second-order valence-electron chi connectivity index (χ2n) is 14.2. The Morgan fingerprint density at radius 3 is 1.18 bits per heavy atom. The molecule has 5 rings (SSSR count). The van der Waals surface area contributed by atoms with Gasteiger partial charge in [-0.25, -0.2) is 0 Å². The first kappa shape index (κ1) is 31.3. The number of phenolic OH excluding ortho intramolecular Hbond substituents is 2. The monoisotopic (exact) mass is 586 g/mol. The van der Waals surface area contributed by atoms with E-state index >= 15 is 0 Å². The SMILES string of the molecule is CC(C)(C)c1cc(-c2ccccc2)cc(C=NC2CCC(N=Cc3cc(-c4ccccc4)cc(C(C)(C)C)c3O)CC2)c1O. The van der Waals surface area contributed by atoms with Gasteiger partial charge in [0.05, 0.1) is 12.1 Å². The first-order valence-electron chi connectivity index (χ1n) is 15.8. The number of aromatic hydroxyl groups is 2. The molecule has 2 N–H and O–H groups in total. The molecule has 0 amide bonds. The van der Waals surface area contributed by atoms with Gasteiger partial charge in [0.1, 0.15) is 11.5 Å². The summed E-state index contributed by atoms with van der Waals surface area (Å²) in [4.78, 5) is 9.89. The fourth-order valence-corrected chi connectivity index (χ4v) is 5.98. The summed E-state index contributed by atoms with van der Waals surface area (Å²) in [5, 5.41) is 22.4. The van der Waals surface area contributed by atoms with E-state index in [1.807, 2.05) is 61.0 Å². The summed E-state index contributed by atoms with van der Waals surface area (Å²) in [7, 11) is 0. The molecule has 0 unspecified atom stereocenters. The number of rotatable bonds is 6. The quantitative estimate of drug-likeness (QED) is 0.221. The largest absolute Gasteiger partial charge is 0.507 e. The molecule has 0 spiro atoms. The predicted molar refractivity (Wildman–Crippen MR) is 186 cm³/mol. The summed E-state index contributed by atoms with van der Waals surface area (Å²) >= 11 is 0. The zero-order valence-electron chi connectivity index (χ0n) is 27.0. The van der Waals surface area contributed by atoms with Crippen molar-refractivity contribution >= 4 is 12.4 Å². The highest BCUT2D eigenvalue weighted by Gasteiger charge is 2.24. The molecule has 1 aliphatic carbocycles. The highest BCUT2D eigenvalue weighted by molar-refractivity contribution is 5.88. The molecular formula is C40H46N2O2. The normalized spacial score (nSPS) is 17.9. The molecule has 0 aliphatic heterocycles. The third-order valence-corrected chi connectivity index (χ3v) is 8.62. The molecular weight excluding hydrogens is 540 g/mol. The summed E-state index contributed by atoms with van der Waals surface area (Å²) < 4.78 is 0.